The number of amides is 2. The molecular weight excluding hydrogens is 284 g/mol. The van der Waals surface area contributed by atoms with E-state index in [-0.39, 0.29) is 18.5 Å². The van der Waals surface area contributed by atoms with Crippen LogP contribution in [0.15, 0.2) is 10.9 Å². The number of carboxylic acids is 1. The number of hydrogen-bond acceptors (Lipinski definition) is 6. The molecule has 2 rings (SSSR count). The van der Waals surface area contributed by atoms with Crippen molar-refractivity contribution in [2.75, 3.05) is 24.6 Å². The second-order valence-electron chi connectivity index (χ2n) is 4.34. The summed E-state index contributed by atoms with van der Waals surface area (Å²) in [6.45, 7) is 0.944. The zero-order valence-corrected chi connectivity index (χ0v) is 11.6. The van der Waals surface area contributed by atoms with Crippen molar-refractivity contribution in [1.82, 2.24) is 20.4 Å². The zero-order chi connectivity index (χ0) is 14.4. The SMILES string of the molecule is O=C(O)CC1CSCCN1C(=O)NCCc1ncno1. The smallest absolute Gasteiger partial charge is 0.317 e. The van der Waals surface area contributed by atoms with Gasteiger partial charge in [-0.25, -0.2) is 4.79 Å². The Morgan fingerprint density at radius 3 is 3.15 bits per heavy atom. The molecule has 2 N–H and O–H groups in total. The molecule has 1 aromatic rings. The zero-order valence-electron chi connectivity index (χ0n) is 10.8. The minimum absolute atomic E-state index is 0.0237. The summed E-state index contributed by atoms with van der Waals surface area (Å²) in [5.41, 5.74) is 0. The molecule has 0 aliphatic carbocycles. The van der Waals surface area contributed by atoms with E-state index in [1.54, 1.807) is 16.7 Å². The van der Waals surface area contributed by atoms with Crippen molar-refractivity contribution in [3.05, 3.63) is 12.2 Å². The van der Waals surface area contributed by atoms with E-state index in [9.17, 15) is 9.59 Å². The molecule has 0 bridgehead atoms. The third-order valence-corrected chi connectivity index (χ3v) is 4.01. The Morgan fingerprint density at radius 2 is 2.45 bits per heavy atom. The van der Waals surface area contributed by atoms with Gasteiger partial charge < -0.3 is 19.8 Å². The van der Waals surface area contributed by atoms with E-state index in [4.69, 9.17) is 9.63 Å². The molecule has 1 aliphatic heterocycles. The van der Waals surface area contributed by atoms with Crippen LogP contribution in [0.3, 0.4) is 0 Å². The van der Waals surface area contributed by atoms with Crippen molar-refractivity contribution < 1.29 is 19.2 Å². The van der Waals surface area contributed by atoms with Crippen LogP contribution in [0.25, 0.3) is 0 Å². The molecule has 2 amide bonds. The topological polar surface area (TPSA) is 109 Å². The van der Waals surface area contributed by atoms with E-state index in [1.807, 2.05) is 0 Å². The van der Waals surface area contributed by atoms with Crippen molar-refractivity contribution in [3.8, 4) is 0 Å². The lowest BCUT2D eigenvalue weighted by atomic mass is 10.2. The van der Waals surface area contributed by atoms with E-state index in [0.29, 0.717) is 31.2 Å². The van der Waals surface area contributed by atoms with Gasteiger partial charge in [-0.1, -0.05) is 5.16 Å². The summed E-state index contributed by atoms with van der Waals surface area (Å²) < 4.78 is 4.83. The summed E-state index contributed by atoms with van der Waals surface area (Å²) in [5.74, 6) is 1.05. The largest absolute Gasteiger partial charge is 0.481 e. The molecule has 8 nitrogen and oxygen atoms in total. The standard InChI is InChI=1S/C11H16N4O4S/c16-10(17)5-8-6-20-4-3-15(8)11(18)12-2-1-9-13-7-14-19-9/h7-8H,1-6H2,(H,12,18)(H,16,17). The lowest BCUT2D eigenvalue weighted by Crippen LogP contribution is -2.51. The number of hydrogen-bond donors (Lipinski definition) is 2. The number of thioether (sulfide) groups is 1. The Hall–Kier alpha value is -1.77. The van der Waals surface area contributed by atoms with Crippen LogP contribution in [0.5, 0.6) is 0 Å². The maximum Gasteiger partial charge on any atom is 0.317 e. The quantitative estimate of drug-likeness (QED) is 0.800. The maximum absolute atomic E-state index is 12.1. The fourth-order valence-electron chi connectivity index (χ4n) is 1.98. The molecule has 9 heteroatoms. The number of urea groups is 1. The van der Waals surface area contributed by atoms with E-state index in [1.165, 1.54) is 6.33 Å². The number of carboxylic acid groups (broad SMARTS) is 1. The van der Waals surface area contributed by atoms with Crippen molar-refractivity contribution in [1.29, 1.82) is 0 Å². The number of aromatic nitrogens is 2. The predicted octanol–water partition coefficient (Wildman–Crippen LogP) is 0.214. The Labute approximate surface area is 119 Å². The Bertz CT molecular complexity index is 453. The molecule has 20 heavy (non-hydrogen) atoms. The molecular formula is C11H16N4O4S. The number of aliphatic carboxylic acids is 1. The fourth-order valence-corrected chi connectivity index (χ4v) is 3.04. The van der Waals surface area contributed by atoms with Crippen LogP contribution < -0.4 is 5.32 Å². The number of carbonyl (C=O) groups is 2. The minimum atomic E-state index is -0.888. The van der Waals surface area contributed by atoms with Gasteiger partial charge in [0, 0.05) is 31.0 Å². The molecule has 1 aliphatic rings. The Kier molecular flexibility index (Phi) is 5.22. The first-order chi connectivity index (χ1) is 9.66. The second-order valence-corrected chi connectivity index (χ2v) is 5.49. The van der Waals surface area contributed by atoms with Gasteiger partial charge in [-0.2, -0.15) is 16.7 Å². The van der Waals surface area contributed by atoms with Crippen molar-refractivity contribution in [2.45, 2.75) is 18.9 Å². The van der Waals surface area contributed by atoms with Crippen LogP contribution in [0, 0.1) is 0 Å². The number of rotatable bonds is 5. The average Bonchev–Trinajstić information content (AvgIpc) is 2.91. The van der Waals surface area contributed by atoms with Gasteiger partial charge in [0.05, 0.1) is 12.5 Å². The molecule has 1 saturated heterocycles. The highest BCUT2D eigenvalue weighted by Crippen LogP contribution is 2.19. The van der Waals surface area contributed by atoms with Gasteiger partial charge in [-0.05, 0) is 0 Å². The van der Waals surface area contributed by atoms with E-state index in [0.717, 1.165) is 5.75 Å². The van der Waals surface area contributed by atoms with Crippen molar-refractivity contribution in [2.24, 2.45) is 0 Å². The highest BCUT2D eigenvalue weighted by Gasteiger charge is 2.28. The summed E-state index contributed by atoms with van der Waals surface area (Å²) in [6, 6.07) is -0.495. The van der Waals surface area contributed by atoms with E-state index >= 15 is 0 Å². The first-order valence-electron chi connectivity index (χ1n) is 6.26. The first-order valence-corrected chi connectivity index (χ1v) is 7.42. The fraction of sp³-hybridized carbons (Fsp3) is 0.636. The summed E-state index contributed by atoms with van der Waals surface area (Å²) >= 11 is 1.67. The normalized spacial score (nSPS) is 18.8. The van der Waals surface area contributed by atoms with E-state index < -0.39 is 5.97 Å². The highest BCUT2D eigenvalue weighted by molar-refractivity contribution is 7.99. The predicted molar refractivity (Wildman–Crippen MR) is 71.5 cm³/mol. The molecule has 0 spiro atoms. The summed E-state index contributed by atoms with van der Waals surface area (Å²) in [7, 11) is 0. The van der Waals surface area contributed by atoms with Gasteiger partial charge in [-0.3, -0.25) is 4.79 Å². The lowest BCUT2D eigenvalue weighted by molar-refractivity contribution is -0.137. The van der Waals surface area contributed by atoms with Crippen LogP contribution in [0.1, 0.15) is 12.3 Å². The number of nitrogens with zero attached hydrogens (tertiary/aromatic N) is 3. The molecule has 0 aromatic carbocycles. The number of nitrogens with one attached hydrogen (secondary N) is 1. The summed E-state index contributed by atoms with van der Waals surface area (Å²) in [6.07, 6.45) is 1.74. The van der Waals surface area contributed by atoms with Crippen LogP contribution in [-0.2, 0) is 11.2 Å². The van der Waals surface area contributed by atoms with Gasteiger partial charge in [0.15, 0.2) is 6.33 Å². The van der Waals surface area contributed by atoms with Crippen LogP contribution in [-0.4, -0.2) is 62.8 Å². The molecule has 0 radical (unpaired) electrons. The molecule has 1 aromatic heterocycles. The molecule has 1 fully saturated rings. The van der Waals surface area contributed by atoms with Gasteiger partial charge in [-0.15, -0.1) is 0 Å². The molecule has 1 unspecified atom stereocenters. The summed E-state index contributed by atoms with van der Waals surface area (Å²) in [5, 5.41) is 15.1. The van der Waals surface area contributed by atoms with Crippen LogP contribution in [0.2, 0.25) is 0 Å². The minimum Gasteiger partial charge on any atom is -0.481 e. The van der Waals surface area contributed by atoms with Crippen molar-refractivity contribution in [3.63, 3.8) is 0 Å². The monoisotopic (exact) mass is 300 g/mol. The molecule has 110 valence electrons. The van der Waals surface area contributed by atoms with Gasteiger partial charge in [0.2, 0.25) is 5.89 Å². The summed E-state index contributed by atoms with van der Waals surface area (Å²) in [4.78, 5) is 28.3. The molecule has 0 saturated carbocycles. The maximum atomic E-state index is 12.1. The average molecular weight is 300 g/mol. The Morgan fingerprint density at radius 1 is 1.60 bits per heavy atom. The number of carbonyl (C=O) groups excluding carboxylic acids is 1. The van der Waals surface area contributed by atoms with Gasteiger partial charge in [0.1, 0.15) is 0 Å². The van der Waals surface area contributed by atoms with Gasteiger partial charge >= 0.3 is 12.0 Å². The third kappa shape index (κ3) is 4.12. The third-order valence-electron chi connectivity index (χ3n) is 2.92. The Balaban J connectivity index is 1.81. The van der Waals surface area contributed by atoms with Gasteiger partial charge in [0.25, 0.3) is 0 Å². The first kappa shape index (κ1) is 14.6. The highest BCUT2D eigenvalue weighted by atomic mass is 32.2. The van der Waals surface area contributed by atoms with Crippen molar-refractivity contribution >= 4 is 23.8 Å². The lowest BCUT2D eigenvalue weighted by Gasteiger charge is -2.34. The second kappa shape index (κ2) is 7.13. The molecule has 2 heterocycles. The van der Waals surface area contributed by atoms with Crippen LogP contribution >= 0.6 is 11.8 Å². The van der Waals surface area contributed by atoms with E-state index in [2.05, 4.69) is 15.5 Å². The molecule has 1 atom stereocenters. The van der Waals surface area contributed by atoms with Crippen LogP contribution in [0.4, 0.5) is 4.79 Å².